The van der Waals surface area contributed by atoms with E-state index in [1.165, 1.54) is 30.5 Å². The first-order valence-corrected chi connectivity index (χ1v) is 16.0. The van der Waals surface area contributed by atoms with Crippen molar-refractivity contribution in [3.05, 3.63) is 70.9 Å². The summed E-state index contributed by atoms with van der Waals surface area (Å²) in [6.45, 7) is 5.55. The molecule has 2 amide bonds. The first-order valence-electron chi connectivity index (χ1n) is 16.0. The van der Waals surface area contributed by atoms with Gasteiger partial charge in [0.15, 0.2) is 0 Å². The Hall–Kier alpha value is -3.49. The first-order chi connectivity index (χ1) is 20.9. The molecule has 8 nitrogen and oxygen atoms in total. The molecule has 1 saturated carbocycles. The van der Waals surface area contributed by atoms with Crippen LogP contribution in [0.5, 0.6) is 0 Å². The van der Waals surface area contributed by atoms with Crippen LogP contribution in [0.2, 0.25) is 0 Å². The van der Waals surface area contributed by atoms with Crippen LogP contribution in [0, 0.1) is 11.3 Å². The van der Waals surface area contributed by atoms with Gasteiger partial charge in [0, 0.05) is 48.0 Å². The largest absolute Gasteiger partial charge is 0.447 e. The summed E-state index contributed by atoms with van der Waals surface area (Å²) in [6.07, 6.45) is 7.76. The van der Waals surface area contributed by atoms with Crippen molar-refractivity contribution in [3.63, 3.8) is 0 Å². The Morgan fingerprint density at radius 2 is 1.88 bits per heavy atom. The number of carbonyl (C=O) groups excluding carboxylic acids is 2. The van der Waals surface area contributed by atoms with Gasteiger partial charge in [-0.2, -0.15) is 0 Å². The summed E-state index contributed by atoms with van der Waals surface area (Å²) in [5.41, 5.74) is 6.70. The average Bonchev–Trinajstić information content (AvgIpc) is 3.64. The number of aliphatic hydroxyl groups is 1. The van der Waals surface area contributed by atoms with Gasteiger partial charge in [-0.1, -0.05) is 19.1 Å². The lowest BCUT2D eigenvalue weighted by Crippen LogP contribution is -2.40. The van der Waals surface area contributed by atoms with Gasteiger partial charge in [0.1, 0.15) is 6.61 Å². The van der Waals surface area contributed by atoms with E-state index in [0.717, 1.165) is 73.3 Å². The number of piperidine rings is 1. The fraction of sp³-hybridized carbons (Fsp3) is 0.514. The van der Waals surface area contributed by atoms with Crippen molar-refractivity contribution in [1.29, 1.82) is 0 Å². The second kappa shape index (κ2) is 11.5. The number of likely N-dealkylation sites (tertiary alicyclic amines) is 1. The highest BCUT2D eigenvalue weighted by Crippen LogP contribution is 2.55. The molecule has 7 rings (SSSR count). The minimum absolute atomic E-state index is 0.0706. The van der Waals surface area contributed by atoms with Crippen LogP contribution in [0.15, 0.2) is 48.5 Å². The predicted molar refractivity (Wildman–Crippen MR) is 166 cm³/mol. The Morgan fingerprint density at radius 3 is 2.60 bits per heavy atom. The van der Waals surface area contributed by atoms with Crippen molar-refractivity contribution in [2.45, 2.75) is 70.4 Å². The zero-order valence-corrected chi connectivity index (χ0v) is 25.1. The van der Waals surface area contributed by atoms with Gasteiger partial charge in [-0.05, 0) is 110 Å². The standard InChI is InChI=1S/C35H42N4O4/c1-35(13-14-35)27-5-9-31-26(22-27)21-25-20-24(4-8-30(25)37-31)33(41)36-15-10-32(38-16-11-29(40)12-17-38)23-2-6-28(7-3-23)39-18-19-43-34(39)42/h2-4,6-8,20-21,27,29,32,40H,5,9-19,22H2,1H3,(H,36,41)/t27-,32+/m0/s1. The third kappa shape index (κ3) is 5.87. The van der Waals surface area contributed by atoms with Crippen molar-refractivity contribution in [2.24, 2.45) is 11.3 Å². The van der Waals surface area contributed by atoms with Gasteiger partial charge < -0.3 is 15.2 Å². The summed E-state index contributed by atoms with van der Waals surface area (Å²) in [7, 11) is 0. The van der Waals surface area contributed by atoms with E-state index in [1.54, 1.807) is 4.90 Å². The second-order valence-corrected chi connectivity index (χ2v) is 13.3. The van der Waals surface area contributed by atoms with Crippen LogP contribution in [0.25, 0.3) is 10.9 Å². The number of hydrogen-bond acceptors (Lipinski definition) is 6. The van der Waals surface area contributed by atoms with Crippen LogP contribution in [-0.4, -0.2) is 65.9 Å². The molecule has 2 aliphatic carbocycles. The molecule has 0 bridgehead atoms. The van der Waals surface area contributed by atoms with E-state index in [9.17, 15) is 14.7 Å². The highest BCUT2D eigenvalue weighted by atomic mass is 16.6. The molecule has 0 unspecified atom stereocenters. The molecule has 3 aromatic rings. The Kier molecular flexibility index (Phi) is 7.60. The number of pyridine rings is 1. The van der Waals surface area contributed by atoms with Crippen molar-refractivity contribution in [1.82, 2.24) is 15.2 Å². The number of nitrogens with one attached hydrogen (secondary N) is 1. The smallest absolute Gasteiger partial charge is 0.414 e. The number of amides is 2. The maximum absolute atomic E-state index is 13.3. The average molecular weight is 583 g/mol. The van der Waals surface area contributed by atoms with Crippen molar-refractivity contribution >= 4 is 28.6 Å². The van der Waals surface area contributed by atoms with Gasteiger partial charge in [-0.15, -0.1) is 0 Å². The molecule has 0 spiro atoms. The molecule has 2 aromatic carbocycles. The van der Waals surface area contributed by atoms with Gasteiger partial charge in [0.05, 0.1) is 18.2 Å². The fourth-order valence-corrected chi connectivity index (χ4v) is 7.36. The maximum atomic E-state index is 13.3. The van der Waals surface area contributed by atoms with E-state index in [4.69, 9.17) is 9.72 Å². The Morgan fingerprint density at radius 1 is 1.09 bits per heavy atom. The number of nitrogens with zero attached hydrogens (tertiary/aromatic N) is 3. The summed E-state index contributed by atoms with van der Waals surface area (Å²) in [6, 6.07) is 16.3. The third-order valence-electron chi connectivity index (χ3n) is 10.5. The molecule has 2 aliphatic heterocycles. The number of aryl methyl sites for hydroxylation is 1. The lowest BCUT2D eigenvalue weighted by molar-refractivity contribution is 0.0579. The Bertz CT molecular complexity index is 1510. The molecule has 3 fully saturated rings. The van der Waals surface area contributed by atoms with Crippen LogP contribution in [0.4, 0.5) is 10.5 Å². The Labute approximate surface area is 253 Å². The van der Waals surface area contributed by atoms with Gasteiger partial charge in [-0.3, -0.25) is 19.6 Å². The molecule has 2 atom stereocenters. The zero-order chi connectivity index (χ0) is 29.6. The highest BCUT2D eigenvalue weighted by Gasteiger charge is 2.45. The van der Waals surface area contributed by atoms with Crippen LogP contribution < -0.4 is 10.2 Å². The number of fused-ring (bicyclic) bond motifs is 2. The maximum Gasteiger partial charge on any atom is 0.414 e. The number of anilines is 1. The normalized spacial score (nSPS) is 22.7. The summed E-state index contributed by atoms with van der Waals surface area (Å²) in [4.78, 5) is 34.3. The molecule has 3 heterocycles. The summed E-state index contributed by atoms with van der Waals surface area (Å²) in [5, 5.41) is 14.3. The first kappa shape index (κ1) is 28.3. The van der Waals surface area contributed by atoms with Gasteiger partial charge >= 0.3 is 6.09 Å². The number of aromatic nitrogens is 1. The molecule has 2 saturated heterocycles. The van der Waals surface area contributed by atoms with E-state index < -0.39 is 0 Å². The molecule has 4 aliphatic rings. The molecule has 43 heavy (non-hydrogen) atoms. The minimum Gasteiger partial charge on any atom is -0.447 e. The molecule has 226 valence electrons. The zero-order valence-electron chi connectivity index (χ0n) is 25.1. The number of aliphatic hydroxyl groups excluding tert-OH is 1. The van der Waals surface area contributed by atoms with Gasteiger partial charge in [0.25, 0.3) is 5.91 Å². The lowest BCUT2D eigenvalue weighted by Gasteiger charge is -2.36. The van der Waals surface area contributed by atoms with Gasteiger partial charge in [-0.25, -0.2) is 4.79 Å². The van der Waals surface area contributed by atoms with E-state index in [1.807, 2.05) is 30.3 Å². The monoisotopic (exact) mass is 582 g/mol. The van der Waals surface area contributed by atoms with Crippen molar-refractivity contribution < 1.29 is 19.4 Å². The van der Waals surface area contributed by atoms with E-state index in [0.29, 0.717) is 30.7 Å². The Balaban J connectivity index is 1.03. The number of ether oxygens (including phenoxy) is 1. The number of carbonyl (C=O) groups is 2. The molecular formula is C35H42N4O4. The van der Waals surface area contributed by atoms with E-state index in [2.05, 4.69) is 35.3 Å². The van der Waals surface area contributed by atoms with E-state index >= 15 is 0 Å². The molecule has 1 aromatic heterocycles. The topological polar surface area (TPSA) is 95.0 Å². The summed E-state index contributed by atoms with van der Waals surface area (Å²) in [5.74, 6) is 0.675. The van der Waals surface area contributed by atoms with Crippen LogP contribution in [0.3, 0.4) is 0 Å². The van der Waals surface area contributed by atoms with Crippen LogP contribution >= 0.6 is 0 Å². The second-order valence-electron chi connectivity index (χ2n) is 13.3. The van der Waals surface area contributed by atoms with Gasteiger partial charge in [0.2, 0.25) is 0 Å². The summed E-state index contributed by atoms with van der Waals surface area (Å²) < 4.78 is 5.09. The van der Waals surface area contributed by atoms with Crippen molar-refractivity contribution in [3.8, 4) is 0 Å². The van der Waals surface area contributed by atoms with Crippen LogP contribution in [0.1, 0.15) is 78.7 Å². The van der Waals surface area contributed by atoms with E-state index in [-0.39, 0.29) is 24.1 Å². The SMILES string of the molecule is CC1([C@H]2CCc3nc4ccc(C(=O)NCC[C@H](c5ccc(N6CCOC6=O)cc5)N5CCC(O)CC5)cc4cc3C2)CC1. The number of hydrogen-bond donors (Lipinski definition) is 2. The lowest BCUT2D eigenvalue weighted by atomic mass is 9.77. The fourth-order valence-electron chi connectivity index (χ4n) is 7.36. The minimum atomic E-state index is -0.307. The molecule has 8 heteroatoms. The summed E-state index contributed by atoms with van der Waals surface area (Å²) >= 11 is 0. The van der Waals surface area contributed by atoms with Crippen LogP contribution in [-0.2, 0) is 17.6 Å². The molecule has 2 N–H and O–H groups in total. The van der Waals surface area contributed by atoms with Crippen molar-refractivity contribution in [2.75, 3.05) is 37.7 Å². The number of benzene rings is 2. The molecule has 0 radical (unpaired) electrons. The quantitative estimate of drug-likeness (QED) is 0.369. The predicted octanol–water partition coefficient (Wildman–Crippen LogP) is 5.41. The molecular weight excluding hydrogens is 540 g/mol. The number of rotatable bonds is 8. The number of cyclic esters (lactones) is 1. The highest BCUT2D eigenvalue weighted by molar-refractivity contribution is 5.98. The third-order valence-corrected chi connectivity index (χ3v) is 10.5.